The molecular formula is C13H20O4S. The molecule has 18 heavy (non-hydrogen) atoms. The standard InChI is InChI=1S/C13H20O4S/c1-2-3-4-7-12-8-5-6-9-13(12)18(15,16)17-11-10-14/h5-6,8-9,14H,2-4,7,10-11H2,1H3. The van der Waals surface area contributed by atoms with Crippen LogP contribution in [0.1, 0.15) is 31.7 Å². The molecule has 0 heterocycles. The van der Waals surface area contributed by atoms with Crippen LogP contribution in [0.25, 0.3) is 0 Å². The van der Waals surface area contributed by atoms with E-state index >= 15 is 0 Å². The summed E-state index contributed by atoms with van der Waals surface area (Å²) in [5.74, 6) is 0. The maximum absolute atomic E-state index is 11.9. The van der Waals surface area contributed by atoms with E-state index in [-0.39, 0.29) is 18.1 Å². The Labute approximate surface area is 109 Å². The first-order valence-corrected chi connectivity index (χ1v) is 7.61. The third-order valence-electron chi connectivity index (χ3n) is 2.62. The molecule has 1 N–H and O–H groups in total. The Bertz CT molecular complexity index is 454. The molecule has 102 valence electrons. The first-order chi connectivity index (χ1) is 8.61. The van der Waals surface area contributed by atoms with Crippen molar-refractivity contribution >= 4 is 10.1 Å². The zero-order valence-electron chi connectivity index (χ0n) is 10.6. The van der Waals surface area contributed by atoms with Crippen LogP contribution in [0.2, 0.25) is 0 Å². The van der Waals surface area contributed by atoms with Crippen LogP contribution in [0.15, 0.2) is 29.2 Å². The van der Waals surface area contributed by atoms with Gasteiger partial charge in [-0.25, -0.2) is 0 Å². The minimum Gasteiger partial charge on any atom is -0.394 e. The number of hydrogen-bond acceptors (Lipinski definition) is 4. The first kappa shape index (κ1) is 15.1. The van der Waals surface area contributed by atoms with Crippen molar-refractivity contribution in [3.05, 3.63) is 29.8 Å². The number of unbranched alkanes of at least 4 members (excludes halogenated alkanes) is 2. The van der Waals surface area contributed by atoms with Gasteiger partial charge in [-0.3, -0.25) is 4.18 Å². The summed E-state index contributed by atoms with van der Waals surface area (Å²) in [6.07, 6.45) is 3.86. The van der Waals surface area contributed by atoms with Gasteiger partial charge in [-0.2, -0.15) is 8.42 Å². The smallest absolute Gasteiger partial charge is 0.297 e. The minimum absolute atomic E-state index is 0.203. The zero-order chi connectivity index (χ0) is 13.4. The molecule has 0 aliphatic carbocycles. The van der Waals surface area contributed by atoms with Gasteiger partial charge in [0.2, 0.25) is 0 Å². The van der Waals surface area contributed by atoms with Gasteiger partial charge in [0.1, 0.15) is 0 Å². The molecular weight excluding hydrogens is 252 g/mol. The molecule has 5 heteroatoms. The van der Waals surface area contributed by atoms with Crippen LogP contribution >= 0.6 is 0 Å². The Morgan fingerprint density at radius 2 is 1.94 bits per heavy atom. The van der Waals surface area contributed by atoms with Gasteiger partial charge in [0, 0.05) is 0 Å². The summed E-state index contributed by atoms with van der Waals surface area (Å²) in [4.78, 5) is 0.217. The van der Waals surface area contributed by atoms with Crippen LogP contribution in [0.4, 0.5) is 0 Å². The first-order valence-electron chi connectivity index (χ1n) is 6.20. The molecule has 0 spiro atoms. The second-order valence-electron chi connectivity index (χ2n) is 4.06. The van der Waals surface area contributed by atoms with Crippen molar-refractivity contribution in [1.82, 2.24) is 0 Å². The Balaban J connectivity index is 2.87. The lowest BCUT2D eigenvalue weighted by molar-refractivity contribution is 0.205. The Morgan fingerprint density at radius 1 is 1.22 bits per heavy atom. The van der Waals surface area contributed by atoms with Crippen LogP contribution in [0.5, 0.6) is 0 Å². The normalized spacial score (nSPS) is 11.7. The van der Waals surface area contributed by atoms with Crippen molar-refractivity contribution in [2.45, 2.75) is 37.5 Å². The van der Waals surface area contributed by atoms with Crippen LogP contribution in [0.3, 0.4) is 0 Å². The molecule has 0 unspecified atom stereocenters. The molecule has 0 radical (unpaired) electrons. The van der Waals surface area contributed by atoms with E-state index in [1.54, 1.807) is 12.1 Å². The molecule has 0 saturated carbocycles. The summed E-state index contributed by atoms with van der Waals surface area (Å²) in [5.41, 5.74) is 0.781. The summed E-state index contributed by atoms with van der Waals surface area (Å²) in [6.45, 7) is 1.59. The number of rotatable bonds is 8. The van der Waals surface area contributed by atoms with Gasteiger partial charge in [0.05, 0.1) is 18.1 Å². The maximum Gasteiger partial charge on any atom is 0.297 e. The summed E-state index contributed by atoms with van der Waals surface area (Å²) < 4.78 is 28.6. The topological polar surface area (TPSA) is 63.6 Å². The van der Waals surface area contributed by atoms with Crippen molar-refractivity contribution in [2.24, 2.45) is 0 Å². The predicted octanol–water partition coefficient (Wildman–Crippen LogP) is 2.12. The average molecular weight is 272 g/mol. The van der Waals surface area contributed by atoms with Crippen LogP contribution in [-0.2, 0) is 20.7 Å². The monoisotopic (exact) mass is 272 g/mol. The Kier molecular flexibility index (Phi) is 6.32. The zero-order valence-corrected chi connectivity index (χ0v) is 11.4. The second-order valence-corrected chi connectivity index (χ2v) is 5.65. The molecule has 0 fully saturated rings. The summed E-state index contributed by atoms with van der Waals surface area (Å²) in [6, 6.07) is 6.86. The molecule has 0 saturated heterocycles. The highest BCUT2D eigenvalue weighted by atomic mass is 32.2. The molecule has 0 aromatic heterocycles. The van der Waals surface area contributed by atoms with Crippen LogP contribution in [-0.4, -0.2) is 26.7 Å². The van der Waals surface area contributed by atoms with Crippen molar-refractivity contribution in [3.63, 3.8) is 0 Å². The van der Waals surface area contributed by atoms with Gasteiger partial charge >= 0.3 is 0 Å². The highest BCUT2D eigenvalue weighted by Gasteiger charge is 2.18. The molecule has 0 atom stereocenters. The van der Waals surface area contributed by atoms with Crippen molar-refractivity contribution in [3.8, 4) is 0 Å². The van der Waals surface area contributed by atoms with Gasteiger partial charge in [0.15, 0.2) is 0 Å². The predicted molar refractivity (Wildman–Crippen MR) is 69.9 cm³/mol. The van der Waals surface area contributed by atoms with E-state index < -0.39 is 10.1 Å². The summed E-state index contributed by atoms with van der Waals surface area (Å²) in [7, 11) is -3.75. The maximum atomic E-state index is 11.9. The minimum atomic E-state index is -3.75. The third-order valence-corrected chi connectivity index (χ3v) is 4.04. The Morgan fingerprint density at radius 3 is 2.61 bits per heavy atom. The highest BCUT2D eigenvalue weighted by molar-refractivity contribution is 7.86. The van der Waals surface area contributed by atoms with E-state index in [1.807, 2.05) is 12.1 Å². The largest absolute Gasteiger partial charge is 0.394 e. The van der Waals surface area contributed by atoms with Crippen LogP contribution < -0.4 is 0 Å². The number of hydrogen-bond donors (Lipinski definition) is 1. The number of aliphatic hydroxyl groups excluding tert-OH is 1. The van der Waals surface area contributed by atoms with Gasteiger partial charge < -0.3 is 5.11 Å². The molecule has 1 aromatic rings. The molecule has 0 aliphatic heterocycles. The number of aryl methyl sites for hydroxylation is 1. The lowest BCUT2D eigenvalue weighted by atomic mass is 10.1. The number of aliphatic hydroxyl groups is 1. The molecule has 4 nitrogen and oxygen atoms in total. The highest BCUT2D eigenvalue weighted by Crippen LogP contribution is 2.20. The van der Waals surface area contributed by atoms with Gasteiger partial charge in [-0.1, -0.05) is 38.0 Å². The number of benzene rings is 1. The fourth-order valence-corrected chi connectivity index (χ4v) is 2.89. The van der Waals surface area contributed by atoms with E-state index in [4.69, 9.17) is 9.29 Å². The van der Waals surface area contributed by atoms with Crippen molar-refractivity contribution in [2.75, 3.05) is 13.2 Å². The molecule has 1 aromatic carbocycles. The van der Waals surface area contributed by atoms with Crippen molar-refractivity contribution < 1.29 is 17.7 Å². The second kappa shape index (κ2) is 7.51. The van der Waals surface area contributed by atoms with Gasteiger partial charge in [-0.15, -0.1) is 0 Å². The SMILES string of the molecule is CCCCCc1ccccc1S(=O)(=O)OCCO. The fourth-order valence-electron chi connectivity index (χ4n) is 1.73. The van der Waals surface area contributed by atoms with Gasteiger partial charge in [-0.05, 0) is 24.5 Å². The summed E-state index contributed by atoms with van der Waals surface area (Å²) in [5, 5.41) is 8.63. The quantitative estimate of drug-likeness (QED) is 0.581. The van der Waals surface area contributed by atoms with Crippen LogP contribution in [0, 0.1) is 0 Å². The van der Waals surface area contributed by atoms with E-state index in [0.717, 1.165) is 31.2 Å². The lowest BCUT2D eigenvalue weighted by Crippen LogP contribution is -2.12. The lowest BCUT2D eigenvalue weighted by Gasteiger charge is -2.09. The molecule has 0 aliphatic rings. The average Bonchev–Trinajstić information content (AvgIpc) is 2.37. The Hall–Kier alpha value is -0.910. The third kappa shape index (κ3) is 4.40. The van der Waals surface area contributed by atoms with E-state index in [9.17, 15) is 8.42 Å². The fraction of sp³-hybridized carbons (Fsp3) is 0.538. The molecule has 1 rings (SSSR count). The van der Waals surface area contributed by atoms with Crippen molar-refractivity contribution in [1.29, 1.82) is 0 Å². The molecule has 0 bridgehead atoms. The molecule has 0 amide bonds. The van der Waals surface area contributed by atoms with Gasteiger partial charge in [0.25, 0.3) is 10.1 Å². The summed E-state index contributed by atoms with van der Waals surface area (Å²) >= 11 is 0. The van der Waals surface area contributed by atoms with E-state index in [1.165, 1.54) is 0 Å². The van der Waals surface area contributed by atoms with E-state index in [2.05, 4.69) is 6.92 Å². The van der Waals surface area contributed by atoms with E-state index in [0.29, 0.717) is 0 Å².